The zero-order valence-corrected chi connectivity index (χ0v) is 13.7. The molecule has 1 unspecified atom stereocenters. The number of carbonyl (C=O) groups is 1. The predicted molar refractivity (Wildman–Crippen MR) is 81.8 cm³/mol. The SMILES string of the molecule is CCOC(=O)C(F)[C@@H](N)c1cc(OC)c(OC)cc1OC.Cl. The van der Waals surface area contributed by atoms with Gasteiger partial charge in [-0.2, -0.15) is 0 Å². The topological polar surface area (TPSA) is 80.0 Å². The molecular weight excluding hydrogens is 317 g/mol. The molecule has 0 aliphatic carbocycles. The summed E-state index contributed by atoms with van der Waals surface area (Å²) in [5.74, 6) is 0.0607. The maximum atomic E-state index is 14.1. The molecule has 2 atom stereocenters. The van der Waals surface area contributed by atoms with Crippen LogP contribution in [0, 0.1) is 0 Å². The Balaban J connectivity index is 0.00000441. The van der Waals surface area contributed by atoms with Gasteiger partial charge in [0.25, 0.3) is 0 Å². The molecular formula is C14H21ClFNO5. The standard InChI is InChI=1S/C14H20FNO5.ClH/c1-5-21-14(17)12(15)13(16)8-6-10(19-3)11(20-4)7-9(8)18-2;/h6-7,12-13H,5,16H2,1-4H3;1H/t12?,13-;/m0./s1. The van der Waals surface area contributed by atoms with Crippen LogP contribution in [0.5, 0.6) is 17.2 Å². The quantitative estimate of drug-likeness (QED) is 0.767. The third kappa shape index (κ3) is 4.38. The fraction of sp³-hybridized carbons (Fsp3) is 0.500. The van der Waals surface area contributed by atoms with Gasteiger partial charge in [0.05, 0.1) is 34.0 Å². The lowest BCUT2D eigenvalue weighted by atomic mass is 10.0. The highest BCUT2D eigenvalue weighted by molar-refractivity contribution is 5.85. The number of hydrogen-bond acceptors (Lipinski definition) is 6. The number of nitrogens with two attached hydrogens (primary N) is 1. The minimum Gasteiger partial charge on any atom is -0.496 e. The van der Waals surface area contributed by atoms with Crippen LogP contribution in [-0.4, -0.2) is 40.1 Å². The highest BCUT2D eigenvalue weighted by atomic mass is 35.5. The molecule has 0 amide bonds. The van der Waals surface area contributed by atoms with Gasteiger partial charge in [-0.25, -0.2) is 9.18 Å². The van der Waals surface area contributed by atoms with Crippen LogP contribution in [0.25, 0.3) is 0 Å². The number of methoxy groups -OCH3 is 3. The van der Waals surface area contributed by atoms with E-state index in [1.165, 1.54) is 33.5 Å². The van der Waals surface area contributed by atoms with Crippen LogP contribution >= 0.6 is 12.4 Å². The monoisotopic (exact) mass is 337 g/mol. The minimum atomic E-state index is -2.00. The van der Waals surface area contributed by atoms with Crippen molar-refractivity contribution in [1.82, 2.24) is 0 Å². The molecule has 1 aromatic rings. The molecule has 0 spiro atoms. The first-order chi connectivity index (χ1) is 9.99. The van der Waals surface area contributed by atoms with E-state index in [0.717, 1.165) is 0 Å². The van der Waals surface area contributed by atoms with Gasteiger partial charge < -0.3 is 24.7 Å². The number of ether oxygens (including phenoxy) is 4. The Hall–Kier alpha value is -1.73. The van der Waals surface area contributed by atoms with E-state index in [4.69, 9.17) is 19.9 Å². The number of carbonyl (C=O) groups excluding carboxylic acids is 1. The van der Waals surface area contributed by atoms with Crippen molar-refractivity contribution in [3.05, 3.63) is 17.7 Å². The summed E-state index contributed by atoms with van der Waals surface area (Å²) in [6, 6.07) is 1.76. The van der Waals surface area contributed by atoms with E-state index in [0.29, 0.717) is 17.2 Å². The molecule has 2 N–H and O–H groups in total. The summed E-state index contributed by atoms with van der Waals surface area (Å²) < 4.78 is 34.1. The van der Waals surface area contributed by atoms with E-state index in [2.05, 4.69) is 4.74 Å². The van der Waals surface area contributed by atoms with Gasteiger partial charge in [0.15, 0.2) is 11.5 Å². The molecule has 1 rings (SSSR count). The summed E-state index contributed by atoms with van der Waals surface area (Å²) in [4.78, 5) is 11.5. The van der Waals surface area contributed by atoms with Crippen LogP contribution < -0.4 is 19.9 Å². The second kappa shape index (κ2) is 9.32. The third-order valence-corrected chi connectivity index (χ3v) is 2.92. The average Bonchev–Trinajstić information content (AvgIpc) is 2.52. The van der Waals surface area contributed by atoms with Crippen LogP contribution in [-0.2, 0) is 9.53 Å². The number of halogens is 2. The fourth-order valence-electron chi connectivity index (χ4n) is 1.84. The maximum absolute atomic E-state index is 14.1. The molecule has 1 aromatic carbocycles. The van der Waals surface area contributed by atoms with Gasteiger partial charge in [-0.1, -0.05) is 0 Å². The third-order valence-electron chi connectivity index (χ3n) is 2.92. The lowest BCUT2D eigenvalue weighted by Crippen LogP contribution is -2.31. The first-order valence-corrected chi connectivity index (χ1v) is 6.36. The molecule has 8 heteroatoms. The van der Waals surface area contributed by atoms with Gasteiger partial charge in [0.1, 0.15) is 5.75 Å². The molecule has 126 valence electrons. The van der Waals surface area contributed by atoms with Gasteiger partial charge in [0, 0.05) is 11.6 Å². The highest BCUT2D eigenvalue weighted by Crippen LogP contribution is 2.38. The Bertz CT molecular complexity index is 500. The normalized spacial score (nSPS) is 12.6. The molecule has 0 aliphatic rings. The zero-order chi connectivity index (χ0) is 16.0. The van der Waals surface area contributed by atoms with Crippen molar-refractivity contribution in [2.75, 3.05) is 27.9 Å². The van der Waals surface area contributed by atoms with E-state index in [-0.39, 0.29) is 24.6 Å². The molecule has 0 saturated heterocycles. The molecule has 0 aromatic heterocycles. The van der Waals surface area contributed by atoms with E-state index < -0.39 is 18.2 Å². The number of alkyl halides is 1. The summed E-state index contributed by atoms with van der Waals surface area (Å²) >= 11 is 0. The smallest absolute Gasteiger partial charge is 0.342 e. The van der Waals surface area contributed by atoms with Crippen LogP contribution in [0.3, 0.4) is 0 Å². The van der Waals surface area contributed by atoms with Crippen LogP contribution in [0.1, 0.15) is 18.5 Å². The summed E-state index contributed by atoms with van der Waals surface area (Å²) in [5, 5.41) is 0. The van der Waals surface area contributed by atoms with E-state index >= 15 is 0 Å². The molecule has 0 radical (unpaired) electrons. The predicted octanol–water partition coefficient (Wildman–Crippen LogP) is 2.04. The number of benzene rings is 1. The van der Waals surface area contributed by atoms with Crippen LogP contribution in [0.2, 0.25) is 0 Å². The highest BCUT2D eigenvalue weighted by Gasteiger charge is 2.31. The van der Waals surface area contributed by atoms with Gasteiger partial charge >= 0.3 is 5.97 Å². The van der Waals surface area contributed by atoms with Crippen molar-refractivity contribution >= 4 is 18.4 Å². The Morgan fingerprint density at radius 3 is 2.09 bits per heavy atom. The molecule has 0 heterocycles. The minimum absolute atomic E-state index is 0. The van der Waals surface area contributed by atoms with Gasteiger partial charge in [-0.05, 0) is 13.0 Å². The largest absolute Gasteiger partial charge is 0.496 e. The van der Waals surface area contributed by atoms with E-state index in [1.54, 1.807) is 6.92 Å². The average molecular weight is 338 g/mol. The maximum Gasteiger partial charge on any atom is 0.342 e. The number of esters is 1. The Labute approximate surface area is 135 Å². The Morgan fingerprint density at radius 1 is 1.14 bits per heavy atom. The van der Waals surface area contributed by atoms with Gasteiger partial charge in [-0.3, -0.25) is 0 Å². The van der Waals surface area contributed by atoms with Gasteiger partial charge in [0.2, 0.25) is 6.17 Å². The van der Waals surface area contributed by atoms with Crippen molar-refractivity contribution in [2.45, 2.75) is 19.1 Å². The zero-order valence-electron chi connectivity index (χ0n) is 12.9. The van der Waals surface area contributed by atoms with Crippen molar-refractivity contribution in [1.29, 1.82) is 0 Å². The molecule has 0 bridgehead atoms. The van der Waals surface area contributed by atoms with Gasteiger partial charge in [-0.15, -0.1) is 12.4 Å². The molecule has 0 saturated carbocycles. The molecule has 0 fully saturated rings. The second-order valence-corrected chi connectivity index (χ2v) is 4.13. The number of hydrogen-bond donors (Lipinski definition) is 1. The van der Waals surface area contributed by atoms with Crippen molar-refractivity contribution < 1.29 is 28.1 Å². The van der Waals surface area contributed by atoms with E-state index in [9.17, 15) is 9.18 Å². The lowest BCUT2D eigenvalue weighted by Gasteiger charge is -2.20. The van der Waals surface area contributed by atoms with Crippen LogP contribution in [0.15, 0.2) is 12.1 Å². The summed E-state index contributed by atoms with van der Waals surface area (Å²) in [7, 11) is 4.32. The van der Waals surface area contributed by atoms with Crippen molar-refractivity contribution in [3.8, 4) is 17.2 Å². The molecule has 6 nitrogen and oxygen atoms in total. The summed E-state index contributed by atoms with van der Waals surface area (Å²) in [6.07, 6.45) is -2.00. The van der Waals surface area contributed by atoms with E-state index in [1.807, 2.05) is 0 Å². The molecule has 0 aliphatic heterocycles. The first kappa shape index (κ1) is 20.3. The Kier molecular flexibility index (Phi) is 8.59. The first-order valence-electron chi connectivity index (χ1n) is 6.36. The fourth-order valence-corrected chi connectivity index (χ4v) is 1.84. The van der Waals surface area contributed by atoms with Crippen molar-refractivity contribution in [3.63, 3.8) is 0 Å². The van der Waals surface area contributed by atoms with Crippen molar-refractivity contribution in [2.24, 2.45) is 5.73 Å². The Morgan fingerprint density at radius 2 is 1.64 bits per heavy atom. The summed E-state index contributed by atoms with van der Waals surface area (Å²) in [5.41, 5.74) is 6.10. The lowest BCUT2D eigenvalue weighted by molar-refractivity contribution is -0.149. The molecule has 22 heavy (non-hydrogen) atoms. The second-order valence-electron chi connectivity index (χ2n) is 4.13. The summed E-state index contributed by atoms with van der Waals surface area (Å²) in [6.45, 7) is 1.67. The van der Waals surface area contributed by atoms with Crippen LogP contribution in [0.4, 0.5) is 4.39 Å². The number of rotatable bonds is 7.